The quantitative estimate of drug-likeness (QED) is 0.703. The van der Waals surface area contributed by atoms with Gasteiger partial charge in [-0.15, -0.1) is 10.2 Å². The first-order valence-corrected chi connectivity index (χ1v) is 9.11. The lowest BCUT2D eigenvalue weighted by Crippen LogP contribution is -2.25. The molecule has 1 atom stereocenters. The van der Waals surface area contributed by atoms with Crippen molar-refractivity contribution in [1.82, 2.24) is 25.2 Å². The lowest BCUT2D eigenvalue weighted by atomic mass is 10.1. The van der Waals surface area contributed by atoms with Crippen LogP contribution in [0.15, 0.2) is 36.5 Å². The fourth-order valence-corrected chi connectivity index (χ4v) is 2.97. The van der Waals surface area contributed by atoms with Gasteiger partial charge in [-0.3, -0.25) is 9.88 Å². The Balaban J connectivity index is 1.56. The number of aliphatic hydroxyl groups excluding tert-OH is 1. The number of aliphatic hydroxyl groups is 1. The molecule has 29 heavy (non-hydrogen) atoms. The average molecular weight is 398 g/mol. The molecule has 3 aromatic rings. The molecule has 1 aliphatic heterocycles. The van der Waals surface area contributed by atoms with Crippen LogP contribution in [0, 0.1) is 5.82 Å². The van der Waals surface area contributed by atoms with E-state index >= 15 is 0 Å². The molecule has 1 N–H and O–H groups in total. The number of rotatable bonds is 5. The Kier molecular flexibility index (Phi) is 4.93. The number of tetrazole rings is 1. The van der Waals surface area contributed by atoms with Crippen molar-refractivity contribution in [3.05, 3.63) is 42.3 Å². The summed E-state index contributed by atoms with van der Waals surface area (Å²) in [5.74, 6) is -0.103. The number of cyclic esters (lactones) is 1. The first kappa shape index (κ1) is 18.9. The second-order valence-corrected chi connectivity index (χ2v) is 6.92. The number of hydrogen-bond donors (Lipinski definition) is 1. The molecule has 10 heteroatoms. The molecule has 4 rings (SSSR count). The fraction of sp³-hybridized carbons (Fsp3) is 0.316. The van der Waals surface area contributed by atoms with E-state index in [9.17, 15) is 9.18 Å². The Hall–Kier alpha value is -3.40. The Labute approximate surface area is 165 Å². The largest absolute Gasteiger partial charge is 0.441 e. The molecule has 1 aliphatic rings. The first-order chi connectivity index (χ1) is 14.0. The molecular weight excluding hydrogens is 379 g/mol. The number of halogens is 1. The van der Waals surface area contributed by atoms with E-state index < -0.39 is 18.0 Å². The molecule has 1 unspecified atom stereocenters. The monoisotopic (exact) mass is 398 g/mol. The molecule has 0 aliphatic carbocycles. The number of carbonyl (C=O) groups is 1. The molecule has 1 fully saturated rings. The van der Waals surface area contributed by atoms with Gasteiger partial charge in [-0.25, -0.2) is 9.18 Å². The van der Waals surface area contributed by atoms with Gasteiger partial charge in [0.15, 0.2) is 0 Å². The average Bonchev–Trinajstić information content (AvgIpc) is 3.35. The van der Waals surface area contributed by atoms with Crippen molar-refractivity contribution < 1.29 is 19.0 Å². The van der Waals surface area contributed by atoms with Gasteiger partial charge in [-0.05, 0) is 43.3 Å². The number of nitrogens with zero attached hydrogens (tertiary/aromatic N) is 6. The molecule has 1 saturated heterocycles. The van der Waals surface area contributed by atoms with Gasteiger partial charge in [-0.2, -0.15) is 4.80 Å². The topological polar surface area (TPSA) is 106 Å². The molecule has 2 aromatic heterocycles. The molecule has 150 valence electrons. The maximum absolute atomic E-state index is 14.7. The second-order valence-electron chi connectivity index (χ2n) is 6.92. The van der Waals surface area contributed by atoms with Crippen LogP contribution in [0.25, 0.3) is 22.6 Å². The Morgan fingerprint density at radius 1 is 1.31 bits per heavy atom. The van der Waals surface area contributed by atoms with Gasteiger partial charge >= 0.3 is 6.09 Å². The minimum absolute atomic E-state index is 0.0867. The maximum atomic E-state index is 14.7. The fourth-order valence-electron chi connectivity index (χ4n) is 2.97. The third-order valence-corrected chi connectivity index (χ3v) is 4.54. The lowest BCUT2D eigenvalue weighted by molar-refractivity contribution is 0.0963. The molecule has 0 bridgehead atoms. The van der Waals surface area contributed by atoms with Crippen LogP contribution in [0.4, 0.5) is 14.9 Å². The van der Waals surface area contributed by atoms with Crippen LogP contribution in [0.3, 0.4) is 0 Å². The summed E-state index contributed by atoms with van der Waals surface area (Å²) < 4.78 is 19.7. The summed E-state index contributed by atoms with van der Waals surface area (Å²) in [6.07, 6.45) is 0.323. The summed E-state index contributed by atoms with van der Waals surface area (Å²) in [4.78, 5) is 19.0. The van der Waals surface area contributed by atoms with Gasteiger partial charge in [0.1, 0.15) is 17.6 Å². The third kappa shape index (κ3) is 3.66. The smallest absolute Gasteiger partial charge is 0.414 e. The summed E-state index contributed by atoms with van der Waals surface area (Å²) in [6.45, 7) is 3.79. The lowest BCUT2D eigenvalue weighted by Gasteiger charge is -2.14. The van der Waals surface area contributed by atoms with E-state index in [1.165, 1.54) is 22.0 Å². The molecule has 3 heterocycles. The summed E-state index contributed by atoms with van der Waals surface area (Å²) in [7, 11) is 0. The SMILES string of the molecule is CC(C)n1nnc(-c2ccc(-c3ccc(N4CC(CO)OC4=O)cc3F)cn2)n1. The van der Waals surface area contributed by atoms with Gasteiger partial charge in [0, 0.05) is 17.3 Å². The van der Waals surface area contributed by atoms with Crippen LogP contribution in [0.5, 0.6) is 0 Å². The van der Waals surface area contributed by atoms with E-state index in [2.05, 4.69) is 20.4 Å². The van der Waals surface area contributed by atoms with E-state index in [4.69, 9.17) is 9.84 Å². The predicted molar refractivity (Wildman–Crippen MR) is 102 cm³/mol. The van der Waals surface area contributed by atoms with Crippen molar-refractivity contribution in [2.45, 2.75) is 26.0 Å². The van der Waals surface area contributed by atoms with Crippen LogP contribution in [0.1, 0.15) is 19.9 Å². The number of ether oxygens (including phenoxy) is 1. The van der Waals surface area contributed by atoms with Gasteiger partial charge < -0.3 is 9.84 Å². The number of aromatic nitrogens is 5. The minimum Gasteiger partial charge on any atom is -0.441 e. The van der Waals surface area contributed by atoms with E-state index in [1.54, 1.807) is 24.3 Å². The molecule has 0 radical (unpaired) electrons. The summed E-state index contributed by atoms with van der Waals surface area (Å²) in [5, 5.41) is 21.3. The third-order valence-electron chi connectivity index (χ3n) is 4.54. The summed E-state index contributed by atoms with van der Waals surface area (Å²) >= 11 is 0. The zero-order valence-corrected chi connectivity index (χ0v) is 15.9. The predicted octanol–water partition coefficient (Wildman–Crippen LogP) is 2.44. The van der Waals surface area contributed by atoms with Crippen LogP contribution in [0.2, 0.25) is 0 Å². The van der Waals surface area contributed by atoms with E-state index in [-0.39, 0.29) is 19.2 Å². The highest BCUT2D eigenvalue weighted by Gasteiger charge is 2.32. The van der Waals surface area contributed by atoms with Crippen molar-refractivity contribution in [1.29, 1.82) is 0 Å². The Morgan fingerprint density at radius 2 is 2.14 bits per heavy atom. The van der Waals surface area contributed by atoms with Gasteiger partial charge in [0.2, 0.25) is 5.82 Å². The normalized spacial score (nSPS) is 16.5. The Bertz CT molecular complexity index is 1040. The van der Waals surface area contributed by atoms with Crippen molar-refractivity contribution in [3.63, 3.8) is 0 Å². The van der Waals surface area contributed by atoms with E-state index in [0.29, 0.717) is 28.3 Å². The number of pyridine rings is 1. The van der Waals surface area contributed by atoms with Crippen molar-refractivity contribution in [2.75, 3.05) is 18.1 Å². The molecule has 0 saturated carbocycles. The van der Waals surface area contributed by atoms with Crippen LogP contribution >= 0.6 is 0 Å². The van der Waals surface area contributed by atoms with Crippen LogP contribution < -0.4 is 4.90 Å². The molecule has 1 aromatic carbocycles. The summed E-state index contributed by atoms with van der Waals surface area (Å²) in [6, 6.07) is 7.98. The second kappa shape index (κ2) is 7.55. The minimum atomic E-state index is -0.607. The summed E-state index contributed by atoms with van der Waals surface area (Å²) in [5.41, 5.74) is 1.82. The number of carbonyl (C=O) groups excluding carboxylic acids is 1. The van der Waals surface area contributed by atoms with Crippen molar-refractivity contribution >= 4 is 11.8 Å². The van der Waals surface area contributed by atoms with Crippen LogP contribution in [-0.2, 0) is 4.74 Å². The first-order valence-electron chi connectivity index (χ1n) is 9.11. The highest BCUT2D eigenvalue weighted by atomic mass is 19.1. The standard InChI is InChI=1S/C19H19FN6O3/c1-11(2)26-23-18(22-24-26)17-6-3-12(8-21-17)15-5-4-13(7-16(15)20)25-9-14(10-27)29-19(25)28/h3-8,11,14,27H,9-10H2,1-2H3. The van der Waals surface area contributed by atoms with Gasteiger partial charge in [0.25, 0.3) is 0 Å². The number of amides is 1. The van der Waals surface area contributed by atoms with Crippen molar-refractivity contribution in [2.24, 2.45) is 0 Å². The zero-order chi connectivity index (χ0) is 20.5. The Morgan fingerprint density at radius 3 is 2.72 bits per heavy atom. The zero-order valence-electron chi connectivity index (χ0n) is 15.9. The van der Waals surface area contributed by atoms with Crippen molar-refractivity contribution in [3.8, 4) is 22.6 Å². The molecule has 0 spiro atoms. The number of anilines is 1. The number of hydrogen-bond acceptors (Lipinski definition) is 7. The van der Waals surface area contributed by atoms with E-state index in [1.807, 2.05) is 13.8 Å². The molecule has 1 amide bonds. The highest BCUT2D eigenvalue weighted by molar-refractivity contribution is 5.90. The van der Waals surface area contributed by atoms with Gasteiger partial charge in [-0.1, -0.05) is 6.07 Å². The highest BCUT2D eigenvalue weighted by Crippen LogP contribution is 2.29. The van der Waals surface area contributed by atoms with E-state index in [0.717, 1.165) is 0 Å². The number of benzene rings is 1. The molecule has 9 nitrogen and oxygen atoms in total. The van der Waals surface area contributed by atoms with Crippen LogP contribution in [-0.4, -0.2) is 55.6 Å². The maximum Gasteiger partial charge on any atom is 0.414 e. The molecular formula is C19H19FN6O3. The van der Waals surface area contributed by atoms with Gasteiger partial charge in [0.05, 0.1) is 24.9 Å².